The summed E-state index contributed by atoms with van der Waals surface area (Å²) in [6.45, 7) is 0.634. The van der Waals surface area contributed by atoms with Gasteiger partial charge in [-0.1, -0.05) is 12.1 Å². The summed E-state index contributed by atoms with van der Waals surface area (Å²) in [4.78, 5) is 24.5. The van der Waals surface area contributed by atoms with Crippen molar-refractivity contribution < 1.29 is 28.0 Å². The van der Waals surface area contributed by atoms with E-state index in [4.69, 9.17) is 4.74 Å². The number of piperidine rings is 1. The van der Waals surface area contributed by atoms with Gasteiger partial charge in [0.25, 0.3) is 11.6 Å². The molecular weight excluding hydrogens is 438 g/mol. The largest absolute Gasteiger partial charge is 0.491 e. The summed E-state index contributed by atoms with van der Waals surface area (Å²) in [6, 6.07) is 11.3. The second kappa shape index (κ2) is 10.5. The lowest BCUT2D eigenvalue weighted by Gasteiger charge is -2.27. The standard InChI is InChI=1S/C21H25N3O7S/c25-17(15-31-18-10-8-16(9-11-18)24(27)28)14-22-32(29,30)20-7-3-2-6-19(20)21(26)23-12-4-1-5-13-23/h2-3,6-11,17,22,25H,1,4-5,12-15H2/t17-/m0/s1. The van der Waals surface area contributed by atoms with Crippen LogP contribution in [0.4, 0.5) is 5.69 Å². The Labute approximate surface area is 186 Å². The Hall–Kier alpha value is -3.02. The van der Waals surface area contributed by atoms with Crippen LogP contribution in [0.25, 0.3) is 0 Å². The smallest absolute Gasteiger partial charge is 0.269 e. The summed E-state index contributed by atoms with van der Waals surface area (Å²) in [5, 5.41) is 20.8. The van der Waals surface area contributed by atoms with E-state index in [2.05, 4.69) is 4.72 Å². The molecule has 0 radical (unpaired) electrons. The van der Waals surface area contributed by atoms with Crippen molar-refractivity contribution in [3.05, 3.63) is 64.2 Å². The number of carbonyl (C=O) groups excluding carboxylic acids is 1. The molecule has 0 bridgehead atoms. The summed E-state index contributed by atoms with van der Waals surface area (Å²) < 4.78 is 33.3. The minimum atomic E-state index is -4.06. The number of sulfonamides is 1. The SMILES string of the molecule is O=C(c1ccccc1S(=O)(=O)NC[C@H](O)COc1ccc([N+](=O)[O-])cc1)N1CCCCC1. The third-order valence-electron chi connectivity index (χ3n) is 5.05. The molecule has 3 rings (SSSR count). The van der Waals surface area contributed by atoms with E-state index >= 15 is 0 Å². The van der Waals surface area contributed by atoms with Crippen molar-refractivity contribution in [3.63, 3.8) is 0 Å². The van der Waals surface area contributed by atoms with Gasteiger partial charge in [0.15, 0.2) is 0 Å². The zero-order valence-corrected chi connectivity index (χ0v) is 18.2. The van der Waals surface area contributed by atoms with Crippen LogP contribution in [0, 0.1) is 10.1 Å². The number of carbonyl (C=O) groups is 1. The maximum absolute atomic E-state index is 12.9. The van der Waals surface area contributed by atoms with Crippen molar-refractivity contribution in [2.24, 2.45) is 0 Å². The molecule has 32 heavy (non-hydrogen) atoms. The highest BCUT2D eigenvalue weighted by atomic mass is 32.2. The van der Waals surface area contributed by atoms with Crippen LogP contribution in [-0.4, -0.2) is 61.6 Å². The van der Waals surface area contributed by atoms with Gasteiger partial charge in [0.1, 0.15) is 18.5 Å². The lowest BCUT2D eigenvalue weighted by atomic mass is 10.1. The predicted molar refractivity (Wildman–Crippen MR) is 116 cm³/mol. The molecule has 0 aliphatic carbocycles. The maximum Gasteiger partial charge on any atom is 0.269 e. The topological polar surface area (TPSA) is 139 Å². The van der Waals surface area contributed by atoms with Gasteiger partial charge in [-0.15, -0.1) is 0 Å². The highest BCUT2D eigenvalue weighted by Crippen LogP contribution is 2.20. The van der Waals surface area contributed by atoms with Gasteiger partial charge in [-0.25, -0.2) is 13.1 Å². The number of amides is 1. The van der Waals surface area contributed by atoms with Crippen LogP contribution in [-0.2, 0) is 10.0 Å². The average molecular weight is 464 g/mol. The Balaban J connectivity index is 1.60. The Morgan fingerprint density at radius 2 is 1.78 bits per heavy atom. The van der Waals surface area contributed by atoms with Crippen molar-refractivity contribution >= 4 is 21.6 Å². The number of non-ortho nitro benzene ring substituents is 1. The Bertz CT molecular complexity index is 1050. The molecule has 1 saturated heterocycles. The summed E-state index contributed by atoms with van der Waals surface area (Å²) in [5.41, 5.74) is 0.00180. The lowest BCUT2D eigenvalue weighted by Crippen LogP contribution is -2.38. The average Bonchev–Trinajstić information content (AvgIpc) is 2.82. The molecule has 1 atom stereocenters. The normalized spacial score (nSPS) is 15.2. The van der Waals surface area contributed by atoms with Crippen LogP contribution in [0.2, 0.25) is 0 Å². The minimum absolute atomic E-state index is 0.0941. The van der Waals surface area contributed by atoms with Gasteiger partial charge in [-0.2, -0.15) is 0 Å². The number of benzene rings is 2. The van der Waals surface area contributed by atoms with Crippen LogP contribution in [0.15, 0.2) is 53.4 Å². The molecule has 2 N–H and O–H groups in total. The third kappa shape index (κ3) is 6.02. The number of hydrogen-bond acceptors (Lipinski definition) is 7. The van der Waals surface area contributed by atoms with Crippen molar-refractivity contribution in [2.45, 2.75) is 30.3 Å². The van der Waals surface area contributed by atoms with Gasteiger partial charge in [0.2, 0.25) is 10.0 Å². The predicted octanol–water partition coefficient (Wildman–Crippen LogP) is 1.94. The van der Waals surface area contributed by atoms with Crippen LogP contribution < -0.4 is 9.46 Å². The van der Waals surface area contributed by atoms with Crippen LogP contribution >= 0.6 is 0 Å². The Kier molecular flexibility index (Phi) is 7.78. The van der Waals surface area contributed by atoms with Gasteiger partial charge < -0.3 is 14.7 Å². The number of aliphatic hydroxyl groups excluding tert-OH is 1. The molecule has 0 saturated carbocycles. The van der Waals surface area contributed by atoms with Crippen LogP contribution in [0.3, 0.4) is 0 Å². The molecule has 1 amide bonds. The number of ether oxygens (including phenoxy) is 1. The molecule has 0 unspecified atom stereocenters. The highest BCUT2D eigenvalue weighted by molar-refractivity contribution is 7.89. The Morgan fingerprint density at radius 1 is 1.12 bits per heavy atom. The molecule has 172 valence electrons. The highest BCUT2D eigenvalue weighted by Gasteiger charge is 2.26. The van der Waals surface area contributed by atoms with E-state index in [-0.39, 0.29) is 35.2 Å². The van der Waals surface area contributed by atoms with Gasteiger partial charge in [0, 0.05) is 31.8 Å². The van der Waals surface area contributed by atoms with Gasteiger partial charge in [-0.3, -0.25) is 14.9 Å². The molecule has 11 heteroatoms. The number of nitrogens with one attached hydrogen (secondary N) is 1. The van der Waals surface area contributed by atoms with E-state index in [1.54, 1.807) is 11.0 Å². The molecule has 1 heterocycles. The summed E-state index contributed by atoms with van der Waals surface area (Å²) >= 11 is 0. The molecule has 1 fully saturated rings. The summed E-state index contributed by atoms with van der Waals surface area (Å²) in [7, 11) is -4.06. The van der Waals surface area contributed by atoms with E-state index in [9.17, 15) is 28.4 Å². The number of aliphatic hydroxyl groups is 1. The van der Waals surface area contributed by atoms with E-state index < -0.39 is 21.1 Å². The van der Waals surface area contributed by atoms with E-state index in [1.165, 1.54) is 42.5 Å². The van der Waals surface area contributed by atoms with E-state index in [1.807, 2.05) is 0 Å². The molecule has 0 aromatic heterocycles. The van der Waals surface area contributed by atoms with Gasteiger partial charge in [0.05, 0.1) is 15.4 Å². The molecular formula is C21H25N3O7S. The van der Waals surface area contributed by atoms with Gasteiger partial charge >= 0.3 is 0 Å². The van der Waals surface area contributed by atoms with E-state index in [0.29, 0.717) is 18.8 Å². The molecule has 2 aromatic rings. The fourth-order valence-electron chi connectivity index (χ4n) is 3.34. The van der Waals surface area contributed by atoms with E-state index in [0.717, 1.165) is 19.3 Å². The fraction of sp³-hybridized carbons (Fsp3) is 0.381. The number of hydrogen-bond donors (Lipinski definition) is 2. The fourth-order valence-corrected chi connectivity index (χ4v) is 4.61. The summed E-state index contributed by atoms with van der Waals surface area (Å²) in [6.07, 6.45) is 1.65. The van der Waals surface area contributed by atoms with Crippen LogP contribution in [0.1, 0.15) is 29.6 Å². The first-order valence-electron chi connectivity index (χ1n) is 10.2. The maximum atomic E-state index is 12.9. The van der Waals surface area contributed by atoms with Crippen molar-refractivity contribution in [1.29, 1.82) is 0 Å². The lowest BCUT2D eigenvalue weighted by molar-refractivity contribution is -0.384. The quantitative estimate of drug-likeness (QED) is 0.428. The first kappa shape index (κ1) is 23.6. The first-order valence-corrected chi connectivity index (χ1v) is 11.7. The zero-order valence-electron chi connectivity index (χ0n) is 17.3. The second-order valence-electron chi connectivity index (χ2n) is 7.42. The number of nitro benzene ring substituents is 1. The van der Waals surface area contributed by atoms with Gasteiger partial charge in [-0.05, 0) is 43.5 Å². The third-order valence-corrected chi connectivity index (χ3v) is 6.53. The number of nitro groups is 1. The number of likely N-dealkylation sites (tertiary alicyclic amines) is 1. The molecule has 10 nitrogen and oxygen atoms in total. The summed E-state index contributed by atoms with van der Waals surface area (Å²) in [5.74, 6) is -0.0253. The molecule has 2 aromatic carbocycles. The van der Waals surface area contributed by atoms with Crippen molar-refractivity contribution in [2.75, 3.05) is 26.2 Å². The zero-order chi connectivity index (χ0) is 23.1. The molecule has 0 spiro atoms. The number of nitrogens with zero attached hydrogens (tertiary/aromatic N) is 2. The molecule has 1 aliphatic heterocycles. The monoisotopic (exact) mass is 463 g/mol. The van der Waals surface area contributed by atoms with Crippen LogP contribution in [0.5, 0.6) is 5.75 Å². The van der Waals surface area contributed by atoms with Crippen molar-refractivity contribution in [3.8, 4) is 5.75 Å². The number of rotatable bonds is 9. The van der Waals surface area contributed by atoms with Crippen molar-refractivity contribution in [1.82, 2.24) is 9.62 Å². The second-order valence-corrected chi connectivity index (χ2v) is 9.15. The Morgan fingerprint density at radius 3 is 2.44 bits per heavy atom. The molecule has 1 aliphatic rings. The minimum Gasteiger partial charge on any atom is -0.491 e. The first-order chi connectivity index (χ1) is 15.3.